The largest absolute Gasteiger partial charge is 0.508 e. The van der Waals surface area contributed by atoms with E-state index in [1.807, 2.05) is 0 Å². The van der Waals surface area contributed by atoms with Gasteiger partial charge in [0.2, 0.25) is 5.78 Å². The summed E-state index contributed by atoms with van der Waals surface area (Å²) in [7, 11) is 0. The lowest BCUT2D eigenvalue weighted by molar-refractivity contribution is 0.101. The molecule has 5 nitrogen and oxygen atoms in total. The maximum atomic E-state index is 12.0. The fraction of sp³-hybridized carbons (Fsp3) is 0. The number of phenols is 2. The monoisotopic (exact) mass is 244 g/mol. The van der Waals surface area contributed by atoms with Crippen LogP contribution < -0.4 is 4.74 Å². The number of fused-ring (bicyclic) bond motifs is 1. The summed E-state index contributed by atoms with van der Waals surface area (Å²) in [5, 5.41) is 18.9. The van der Waals surface area contributed by atoms with E-state index in [4.69, 9.17) is 9.15 Å². The molecule has 2 aromatic rings. The lowest BCUT2D eigenvalue weighted by Crippen LogP contribution is -1.97. The Morgan fingerprint density at radius 1 is 1.22 bits per heavy atom. The van der Waals surface area contributed by atoms with Crippen LogP contribution >= 0.6 is 0 Å². The molecule has 0 saturated heterocycles. The Labute approximate surface area is 102 Å². The maximum absolute atomic E-state index is 12.0. The number of Topliss-reactive ketones (excluding diaryl/α,β-unsaturated/α-hetero) is 1. The second-order valence-electron chi connectivity index (χ2n) is 3.79. The Balaban J connectivity index is 2.07. The number of phenolic OH excluding ortho intramolecular Hbond substituents is 2. The summed E-state index contributed by atoms with van der Waals surface area (Å²) in [6, 6.07) is 5.72. The summed E-state index contributed by atoms with van der Waals surface area (Å²) < 4.78 is 10.4. The van der Waals surface area contributed by atoms with E-state index < -0.39 is 5.78 Å². The summed E-state index contributed by atoms with van der Waals surface area (Å²) in [5.74, 6) is -0.277. The van der Waals surface area contributed by atoms with Crippen molar-refractivity contribution in [2.75, 3.05) is 0 Å². The van der Waals surface area contributed by atoms with E-state index in [1.54, 1.807) is 12.1 Å². The second kappa shape index (κ2) is 3.66. The van der Waals surface area contributed by atoms with E-state index >= 15 is 0 Å². The maximum Gasteiger partial charge on any atom is 0.235 e. The third-order valence-electron chi connectivity index (χ3n) is 2.55. The van der Waals surface area contributed by atoms with Crippen LogP contribution in [-0.4, -0.2) is 16.0 Å². The molecule has 0 unspecified atom stereocenters. The van der Waals surface area contributed by atoms with Crippen LogP contribution in [0.1, 0.15) is 16.1 Å². The molecule has 0 saturated carbocycles. The standard InChI is InChI=1S/C13H8O5/c14-7-4-9(15)12-10(5-7)18-11(13(12)16)6-8-2-1-3-17-8/h1-6,14-15H/b11-6-. The number of hydrogen-bond acceptors (Lipinski definition) is 5. The molecule has 0 fully saturated rings. The molecule has 0 spiro atoms. The molecule has 1 aromatic carbocycles. The highest BCUT2D eigenvalue weighted by Crippen LogP contribution is 2.40. The van der Waals surface area contributed by atoms with Gasteiger partial charge in [-0.05, 0) is 12.1 Å². The Morgan fingerprint density at radius 3 is 2.78 bits per heavy atom. The molecule has 0 atom stereocenters. The van der Waals surface area contributed by atoms with Gasteiger partial charge < -0.3 is 19.4 Å². The van der Waals surface area contributed by atoms with Crippen molar-refractivity contribution in [2.45, 2.75) is 0 Å². The van der Waals surface area contributed by atoms with Crippen LogP contribution in [0.5, 0.6) is 17.2 Å². The van der Waals surface area contributed by atoms with Crippen LogP contribution in [0.25, 0.3) is 6.08 Å². The minimum atomic E-state index is -0.445. The zero-order chi connectivity index (χ0) is 12.7. The predicted octanol–water partition coefficient (Wildman–Crippen LogP) is 2.31. The number of carbonyl (C=O) groups excluding carboxylic acids is 1. The average Bonchev–Trinajstić information content (AvgIpc) is 2.88. The zero-order valence-electron chi connectivity index (χ0n) is 9.08. The van der Waals surface area contributed by atoms with Gasteiger partial charge in [0.1, 0.15) is 28.6 Å². The Kier molecular flexibility index (Phi) is 2.13. The molecule has 90 valence electrons. The average molecular weight is 244 g/mol. The van der Waals surface area contributed by atoms with E-state index in [0.717, 1.165) is 6.07 Å². The van der Waals surface area contributed by atoms with Gasteiger partial charge in [0, 0.05) is 18.2 Å². The molecule has 0 radical (unpaired) electrons. The fourth-order valence-corrected chi connectivity index (χ4v) is 1.78. The molecule has 0 amide bonds. The lowest BCUT2D eigenvalue weighted by Gasteiger charge is -1.99. The molecule has 0 aliphatic carbocycles. The van der Waals surface area contributed by atoms with Crippen LogP contribution in [0.3, 0.4) is 0 Å². The molecule has 2 heterocycles. The van der Waals surface area contributed by atoms with Crippen molar-refractivity contribution >= 4 is 11.9 Å². The summed E-state index contributed by atoms with van der Waals surface area (Å²) >= 11 is 0. The van der Waals surface area contributed by atoms with E-state index in [9.17, 15) is 15.0 Å². The number of allylic oxidation sites excluding steroid dienone is 1. The summed E-state index contributed by atoms with van der Waals surface area (Å²) in [6.45, 7) is 0. The highest BCUT2D eigenvalue weighted by Gasteiger charge is 2.31. The van der Waals surface area contributed by atoms with Crippen LogP contribution in [0, 0.1) is 0 Å². The molecule has 1 aliphatic rings. The first kappa shape index (κ1) is 10.5. The van der Waals surface area contributed by atoms with Gasteiger partial charge in [-0.1, -0.05) is 0 Å². The molecule has 1 aliphatic heterocycles. The van der Waals surface area contributed by atoms with Crippen molar-refractivity contribution in [1.82, 2.24) is 0 Å². The van der Waals surface area contributed by atoms with Gasteiger partial charge in [-0.2, -0.15) is 0 Å². The SMILES string of the molecule is O=C1/C(=C/c2ccco2)Oc2cc(O)cc(O)c21. The van der Waals surface area contributed by atoms with Crippen molar-refractivity contribution in [3.63, 3.8) is 0 Å². The van der Waals surface area contributed by atoms with E-state index in [-0.39, 0.29) is 28.6 Å². The third-order valence-corrected chi connectivity index (χ3v) is 2.55. The Morgan fingerprint density at radius 2 is 2.06 bits per heavy atom. The topological polar surface area (TPSA) is 79.9 Å². The number of benzene rings is 1. The minimum Gasteiger partial charge on any atom is -0.508 e. The van der Waals surface area contributed by atoms with Crippen LogP contribution in [0.4, 0.5) is 0 Å². The highest BCUT2D eigenvalue weighted by atomic mass is 16.5. The molecule has 0 bridgehead atoms. The van der Waals surface area contributed by atoms with Gasteiger partial charge in [-0.15, -0.1) is 0 Å². The van der Waals surface area contributed by atoms with E-state index in [2.05, 4.69) is 0 Å². The second-order valence-corrected chi connectivity index (χ2v) is 3.79. The van der Waals surface area contributed by atoms with Crippen molar-refractivity contribution < 1.29 is 24.2 Å². The van der Waals surface area contributed by atoms with Gasteiger partial charge in [0.25, 0.3) is 0 Å². The highest BCUT2D eigenvalue weighted by molar-refractivity contribution is 6.16. The first-order valence-corrected chi connectivity index (χ1v) is 5.19. The van der Waals surface area contributed by atoms with E-state index in [1.165, 1.54) is 18.4 Å². The zero-order valence-corrected chi connectivity index (χ0v) is 9.08. The minimum absolute atomic E-state index is 0.0425. The first-order chi connectivity index (χ1) is 8.65. The van der Waals surface area contributed by atoms with Crippen molar-refractivity contribution in [2.24, 2.45) is 0 Å². The molecule has 1 aromatic heterocycles. The van der Waals surface area contributed by atoms with Crippen LogP contribution in [0.2, 0.25) is 0 Å². The normalized spacial score (nSPS) is 15.8. The first-order valence-electron chi connectivity index (χ1n) is 5.19. The Bertz CT molecular complexity index is 652. The summed E-state index contributed by atoms with van der Waals surface area (Å²) in [5.41, 5.74) is 0.0469. The van der Waals surface area contributed by atoms with Crippen LogP contribution in [0.15, 0.2) is 40.7 Å². The van der Waals surface area contributed by atoms with Crippen molar-refractivity contribution in [3.05, 3.63) is 47.6 Å². The summed E-state index contributed by atoms with van der Waals surface area (Å²) in [6.07, 6.45) is 2.90. The van der Waals surface area contributed by atoms with Gasteiger partial charge in [0.05, 0.1) is 6.26 Å². The number of aromatic hydroxyl groups is 2. The van der Waals surface area contributed by atoms with Crippen molar-refractivity contribution in [1.29, 1.82) is 0 Å². The molecule has 5 heteroatoms. The molecule has 3 rings (SSSR count). The van der Waals surface area contributed by atoms with Crippen LogP contribution in [-0.2, 0) is 0 Å². The smallest absolute Gasteiger partial charge is 0.235 e. The number of hydrogen-bond donors (Lipinski definition) is 2. The number of furan rings is 1. The third kappa shape index (κ3) is 1.53. The van der Waals surface area contributed by atoms with Gasteiger partial charge in [0.15, 0.2) is 5.76 Å². The lowest BCUT2D eigenvalue weighted by atomic mass is 10.1. The molecule has 18 heavy (non-hydrogen) atoms. The van der Waals surface area contributed by atoms with Gasteiger partial charge in [-0.25, -0.2) is 0 Å². The number of ether oxygens (including phenoxy) is 1. The predicted molar refractivity (Wildman–Crippen MR) is 61.4 cm³/mol. The van der Waals surface area contributed by atoms with Crippen molar-refractivity contribution in [3.8, 4) is 17.2 Å². The number of rotatable bonds is 1. The molecule has 2 N–H and O–H groups in total. The van der Waals surface area contributed by atoms with E-state index in [0.29, 0.717) is 5.76 Å². The number of carbonyl (C=O) groups is 1. The van der Waals surface area contributed by atoms with Gasteiger partial charge >= 0.3 is 0 Å². The number of ketones is 1. The summed E-state index contributed by atoms with van der Waals surface area (Å²) in [4.78, 5) is 12.0. The fourth-order valence-electron chi connectivity index (χ4n) is 1.78. The molecular formula is C13H8O5. The van der Waals surface area contributed by atoms with Gasteiger partial charge in [-0.3, -0.25) is 4.79 Å². The quantitative estimate of drug-likeness (QED) is 0.752. The molecular weight excluding hydrogens is 236 g/mol. The Hall–Kier alpha value is -2.69.